The number of hydrogen-bond donors (Lipinski definition) is 0. The van der Waals surface area contributed by atoms with Gasteiger partial charge in [0.2, 0.25) is 0 Å². The zero-order chi connectivity index (χ0) is 44.7. The Kier molecular flexibility index (Phi) is 46.6. The normalized spacial score (nSPS) is 12.5. The fourth-order valence-corrected chi connectivity index (χ4v) is 8.31. The van der Waals surface area contributed by atoms with Gasteiger partial charge in [-0.2, -0.15) is 0 Å². The van der Waals surface area contributed by atoms with Crippen LogP contribution in [0.3, 0.4) is 0 Å². The van der Waals surface area contributed by atoms with Gasteiger partial charge < -0.3 is 14.2 Å². The third-order valence-electron chi connectivity index (χ3n) is 12.8. The van der Waals surface area contributed by atoms with Gasteiger partial charge in [0, 0.05) is 19.3 Å². The second-order valence-corrected chi connectivity index (χ2v) is 19.6. The Morgan fingerprint density at radius 3 is 0.934 bits per heavy atom. The van der Waals surface area contributed by atoms with Crippen molar-refractivity contribution < 1.29 is 28.6 Å². The molecule has 362 valence electrons. The van der Waals surface area contributed by atoms with Crippen molar-refractivity contribution in [1.29, 1.82) is 0 Å². The molecule has 0 fully saturated rings. The summed E-state index contributed by atoms with van der Waals surface area (Å²) in [4.78, 5) is 38.0. The van der Waals surface area contributed by atoms with Gasteiger partial charge >= 0.3 is 17.9 Å². The van der Waals surface area contributed by atoms with Crippen LogP contribution in [0, 0.1) is 11.8 Å². The predicted octanol–water partition coefficient (Wildman–Crippen LogP) is 17.7. The van der Waals surface area contributed by atoms with E-state index in [1.54, 1.807) is 0 Å². The molecular weight excluding hydrogens is 757 g/mol. The molecule has 0 aliphatic heterocycles. The first-order valence-corrected chi connectivity index (χ1v) is 27.3. The van der Waals surface area contributed by atoms with Crippen molar-refractivity contribution in [3.63, 3.8) is 0 Å². The van der Waals surface area contributed by atoms with Crippen molar-refractivity contribution in [1.82, 2.24) is 0 Å². The first-order chi connectivity index (χ1) is 29.8. The molecule has 1 unspecified atom stereocenters. The number of carbonyl (C=O) groups is 3. The van der Waals surface area contributed by atoms with Crippen LogP contribution < -0.4 is 0 Å². The number of rotatable bonds is 49. The summed E-state index contributed by atoms with van der Waals surface area (Å²) in [7, 11) is 0. The van der Waals surface area contributed by atoms with Crippen molar-refractivity contribution in [3.05, 3.63) is 0 Å². The van der Waals surface area contributed by atoms with Crippen LogP contribution in [0.5, 0.6) is 0 Å². The molecule has 0 aromatic carbocycles. The maximum Gasteiger partial charge on any atom is 0.306 e. The zero-order valence-corrected chi connectivity index (χ0v) is 41.8. The molecule has 0 heterocycles. The summed E-state index contributed by atoms with van der Waals surface area (Å²) in [5.41, 5.74) is 0. The van der Waals surface area contributed by atoms with E-state index in [-0.39, 0.29) is 31.1 Å². The molecule has 0 aliphatic rings. The Morgan fingerprint density at radius 1 is 0.344 bits per heavy atom. The van der Waals surface area contributed by atoms with Gasteiger partial charge in [0.15, 0.2) is 6.10 Å². The molecule has 0 N–H and O–H groups in total. The second-order valence-electron chi connectivity index (χ2n) is 19.6. The maximum atomic E-state index is 12.8. The molecule has 0 saturated carbocycles. The van der Waals surface area contributed by atoms with Gasteiger partial charge in [-0.3, -0.25) is 14.4 Å². The lowest BCUT2D eigenvalue weighted by atomic mass is 9.99. The van der Waals surface area contributed by atoms with E-state index in [1.807, 2.05) is 0 Å². The summed E-state index contributed by atoms with van der Waals surface area (Å²) in [6.45, 7) is 11.4. The maximum absolute atomic E-state index is 12.8. The molecule has 0 bridgehead atoms. The van der Waals surface area contributed by atoms with Crippen LogP contribution in [0.15, 0.2) is 0 Å². The lowest BCUT2D eigenvalue weighted by Gasteiger charge is -2.18. The Balaban J connectivity index is 4.29. The van der Waals surface area contributed by atoms with Gasteiger partial charge in [-0.05, 0) is 31.1 Å². The largest absolute Gasteiger partial charge is 0.462 e. The highest BCUT2D eigenvalue weighted by molar-refractivity contribution is 5.71. The van der Waals surface area contributed by atoms with Gasteiger partial charge in [0.25, 0.3) is 0 Å². The highest BCUT2D eigenvalue weighted by Crippen LogP contribution is 2.18. The number of hydrogen-bond acceptors (Lipinski definition) is 6. The second kappa shape index (κ2) is 47.9. The van der Waals surface area contributed by atoms with Crippen LogP contribution >= 0.6 is 0 Å². The van der Waals surface area contributed by atoms with Gasteiger partial charge in [0.1, 0.15) is 13.2 Å². The van der Waals surface area contributed by atoms with Gasteiger partial charge in [0.05, 0.1) is 0 Å². The van der Waals surface area contributed by atoms with E-state index < -0.39 is 6.10 Å². The standard InChI is InChI=1S/C55H106O6/c1-6-8-9-10-11-12-13-14-15-16-17-18-19-20-25-32-37-42-47-55(58)61-52(49-60-54(57)46-41-36-31-27-26-28-33-38-43-50(3)4)48-59-53(56)45-40-35-30-24-22-21-23-29-34-39-44-51(5)7-2/h50-52H,6-49H2,1-5H3/t51?,52-/m1/s1. The lowest BCUT2D eigenvalue weighted by Crippen LogP contribution is -2.30. The minimum atomic E-state index is -0.762. The molecule has 0 aromatic heterocycles. The molecule has 0 spiro atoms. The smallest absolute Gasteiger partial charge is 0.306 e. The van der Waals surface area contributed by atoms with E-state index in [9.17, 15) is 14.4 Å². The summed E-state index contributed by atoms with van der Waals surface area (Å²) in [6.07, 6.45) is 49.5. The molecule has 6 nitrogen and oxygen atoms in total. The van der Waals surface area contributed by atoms with Crippen LogP contribution in [0.4, 0.5) is 0 Å². The molecular formula is C55H106O6. The lowest BCUT2D eigenvalue weighted by molar-refractivity contribution is -0.167. The highest BCUT2D eigenvalue weighted by Gasteiger charge is 2.19. The number of esters is 3. The van der Waals surface area contributed by atoms with E-state index in [1.165, 1.54) is 193 Å². The Labute approximate surface area is 380 Å². The Hall–Kier alpha value is -1.59. The van der Waals surface area contributed by atoms with Crippen LogP contribution in [0.1, 0.15) is 304 Å². The quantitative estimate of drug-likeness (QED) is 0.0344. The summed E-state index contributed by atoms with van der Waals surface area (Å²) < 4.78 is 16.8. The van der Waals surface area contributed by atoms with Crippen LogP contribution in [-0.2, 0) is 28.6 Å². The van der Waals surface area contributed by atoms with Crippen molar-refractivity contribution >= 4 is 17.9 Å². The average molecular weight is 863 g/mol. The summed E-state index contributed by atoms with van der Waals surface area (Å²) in [6, 6.07) is 0. The van der Waals surface area contributed by atoms with Gasteiger partial charge in [-0.15, -0.1) is 0 Å². The molecule has 0 aliphatic carbocycles. The minimum Gasteiger partial charge on any atom is -0.462 e. The number of carbonyl (C=O) groups excluding carboxylic acids is 3. The highest BCUT2D eigenvalue weighted by atomic mass is 16.6. The first kappa shape index (κ1) is 59.4. The molecule has 0 aromatic rings. The van der Waals surface area contributed by atoms with Crippen molar-refractivity contribution in [3.8, 4) is 0 Å². The topological polar surface area (TPSA) is 78.9 Å². The fourth-order valence-electron chi connectivity index (χ4n) is 8.31. The first-order valence-electron chi connectivity index (χ1n) is 27.3. The monoisotopic (exact) mass is 863 g/mol. The third-order valence-corrected chi connectivity index (χ3v) is 12.8. The van der Waals surface area contributed by atoms with E-state index in [0.717, 1.165) is 69.6 Å². The molecule has 61 heavy (non-hydrogen) atoms. The van der Waals surface area contributed by atoms with Crippen LogP contribution in [0.25, 0.3) is 0 Å². The van der Waals surface area contributed by atoms with Crippen LogP contribution in [-0.4, -0.2) is 37.2 Å². The SMILES string of the molecule is CCCCCCCCCCCCCCCCCCCCC(=O)O[C@H](COC(=O)CCCCCCCCCCCCC(C)CC)COC(=O)CCCCCCCCCCC(C)C. The van der Waals surface area contributed by atoms with E-state index in [2.05, 4.69) is 34.6 Å². The van der Waals surface area contributed by atoms with E-state index >= 15 is 0 Å². The predicted molar refractivity (Wildman–Crippen MR) is 261 cm³/mol. The molecule has 2 atom stereocenters. The molecule has 6 heteroatoms. The third kappa shape index (κ3) is 47.7. The Morgan fingerprint density at radius 2 is 0.623 bits per heavy atom. The molecule has 0 radical (unpaired) electrons. The van der Waals surface area contributed by atoms with Gasteiger partial charge in [-0.25, -0.2) is 0 Å². The summed E-state index contributed by atoms with van der Waals surface area (Å²) >= 11 is 0. The molecule has 0 amide bonds. The van der Waals surface area contributed by atoms with E-state index in [4.69, 9.17) is 14.2 Å². The van der Waals surface area contributed by atoms with Gasteiger partial charge in [-0.1, -0.05) is 266 Å². The van der Waals surface area contributed by atoms with Crippen molar-refractivity contribution in [2.24, 2.45) is 11.8 Å². The average Bonchev–Trinajstić information content (AvgIpc) is 3.24. The van der Waals surface area contributed by atoms with Crippen molar-refractivity contribution in [2.45, 2.75) is 310 Å². The molecule has 0 saturated heterocycles. The van der Waals surface area contributed by atoms with Crippen LogP contribution in [0.2, 0.25) is 0 Å². The number of ether oxygens (including phenoxy) is 3. The number of unbranched alkanes of at least 4 members (excludes halogenated alkanes) is 33. The molecule has 0 rings (SSSR count). The van der Waals surface area contributed by atoms with E-state index in [0.29, 0.717) is 19.3 Å². The zero-order valence-electron chi connectivity index (χ0n) is 41.8. The minimum absolute atomic E-state index is 0.0640. The summed E-state index contributed by atoms with van der Waals surface area (Å²) in [5.74, 6) is 0.819. The fraction of sp³-hybridized carbons (Fsp3) is 0.945. The summed E-state index contributed by atoms with van der Waals surface area (Å²) in [5, 5.41) is 0. The Bertz CT molecular complexity index is 933. The van der Waals surface area contributed by atoms with Crippen molar-refractivity contribution in [2.75, 3.05) is 13.2 Å².